The van der Waals surface area contributed by atoms with Gasteiger partial charge < -0.3 is 25.4 Å². The van der Waals surface area contributed by atoms with Crippen molar-refractivity contribution < 1.29 is 14.3 Å². The second-order valence-corrected chi connectivity index (χ2v) is 7.41. The van der Waals surface area contributed by atoms with Crippen LogP contribution in [-0.2, 0) is 6.54 Å². The predicted octanol–water partition coefficient (Wildman–Crippen LogP) is 4.73. The smallest absolute Gasteiger partial charge is 0.315 e. The molecule has 2 aromatic carbocycles. The fourth-order valence-corrected chi connectivity index (χ4v) is 3.27. The van der Waals surface area contributed by atoms with Gasteiger partial charge in [-0.3, -0.25) is 0 Å². The van der Waals surface area contributed by atoms with Gasteiger partial charge in [0.15, 0.2) is 11.5 Å². The van der Waals surface area contributed by atoms with E-state index < -0.39 is 0 Å². The number of aromatic nitrogens is 2. The van der Waals surface area contributed by atoms with E-state index in [2.05, 4.69) is 25.9 Å². The molecule has 0 aliphatic rings. The lowest BCUT2D eigenvalue weighted by molar-refractivity contribution is 0.241. The Balaban J connectivity index is 1.18. The molecule has 0 fully saturated rings. The van der Waals surface area contributed by atoms with E-state index in [0.717, 1.165) is 22.3 Å². The van der Waals surface area contributed by atoms with Crippen molar-refractivity contribution in [2.75, 3.05) is 25.0 Å². The number of amides is 2. The number of benzene rings is 2. The topological polar surface area (TPSA) is 97.4 Å². The van der Waals surface area contributed by atoms with Crippen molar-refractivity contribution >= 4 is 22.8 Å². The largest absolute Gasteiger partial charge is 0.490 e. The minimum absolute atomic E-state index is 0.251. The Morgan fingerprint density at radius 2 is 1.71 bits per heavy atom. The van der Waals surface area contributed by atoms with Crippen molar-refractivity contribution in [3.8, 4) is 17.4 Å². The number of ether oxygens (including phenoxy) is 2. The van der Waals surface area contributed by atoms with Gasteiger partial charge >= 0.3 is 6.03 Å². The average Bonchev–Trinajstić information content (AvgIpc) is 2.87. The maximum Gasteiger partial charge on any atom is 0.315 e. The number of anilines is 1. The Hall–Kier alpha value is -4.33. The molecule has 174 valence electrons. The van der Waals surface area contributed by atoms with Gasteiger partial charge in [-0.15, -0.1) is 0 Å². The summed E-state index contributed by atoms with van der Waals surface area (Å²) in [6.07, 6.45) is 1.67. The van der Waals surface area contributed by atoms with Gasteiger partial charge in [0.25, 0.3) is 0 Å². The van der Waals surface area contributed by atoms with Crippen LogP contribution in [-0.4, -0.2) is 35.7 Å². The van der Waals surface area contributed by atoms with Gasteiger partial charge in [-0.25, -0.2) is 14.8 Å². The number of carbonyl (C=O) groups excluding carboxylic acids is 1. The van der Waals surface area contributed by atoms with Gasteiger partial charge in [-0.2, -0.15) is 0 Å². The highest BCUT2D eigenvalue weighted by Crippen LogP contribution is 2.30. The quantitative estimate of drug-likeness (QED) is 0.298. The lowest BCUT2D eigenvalue weighted by Gasteiger charge is -2.11. The lowest BCUT2D eigenvalue weighted by atomic mass is 10.2. The summed E-state index contributed by atoms with van der Waals surface area (Å²) >= 11 is 0. The molecule has 34 heavy (non-hydrogen) atoms. The van der Waals surface area contributed by atoms with Gasteiger partial charge in [0.05, 0.1) is 12.1 Å². The van der Waals surface area contributed by atoms with Crippen LogP contribution in [0.5, 0.6) is 17.4 Å². The zero-order valence-corrected chi connectivity index (χ0v) is 19.0. The van der Waals surface area contributed by atoms with E-state index in [1.807, 2.05) is 73.7 Å². The van der Waals surface area contributed by atoms with Crippen LogP contribution in [0.4, 0.5) is 10.6 Å². The first kappa shape index (κ1) is 22.8. The summed E-state index contributed by atoms with van der Waals surface area (Å²) in [5.74, 6) is 2.50. The minimum atomic E-state index is -0.251. The average molecular weight is 458 g/mol. The molecule has 0 unspecified atom stereocenters. The van der Waals surface area contributed by atoms with Gasteiger partial charge in [0, 0.05) is 37.3 Å². The molecule has 0 saturated carbocycles. The SMILES string of the molecule is CCOc1ccccc1Oc1ccc(CNC(=O)NCCNc2ccc3ccccc3n2)cn1. The molecule has 3 N–H and O–H groups in total. The molecular weight excluding hydrogens is 430 g/mol. The molecule has 0 aliphatic heterocycles. The molecule has 0 atom stereocenters. The third-order valence-electron chi connectivity index (χ3n) is 4.93. The van der Waals surface area contributed by atoms with E-state index in [1.54, 1.807) is 12.3 Å². The number of pyridine rings is 2. The molecule has 0 aliphatic carbocycles. The summed E-state index contributed by atoms with van der Waals surface area (Å²) in [5.41, 5.74) is 1.79. The lowest BCUT2D eigenvalue weighted by Crippen LogP contribution is -2.37. The van der Waals surface area contributed by atoms with Crippen LogP contribution in [0.3, 0.4) is 0 Å². The Bertz CT molecular complexity index is 1230. The van der Waals surface area contributed by atoms with Crippen molar-refractivity contribution in [2.24, 2.45) is 0 Å². The number of para-hydroxylation sites is 3. The van der Waals surface area contributed by atoms with Crippen LogP contribution in [0.25, 0.3) is 10.9 Å². The molecule has 2 aromatic heterocycles. The van der Waals surface area contributed by atoms with E-state index in [9.17, 15) is 4.79 Å². The third-order valence-corrected chi connectivity index (χ3v) is 4.93. The third kappa shape index (κ3) is 6.35. The number of nitrogens with zero attached hydrogens (tertiary/aromatic N) is 2. The van der Waals surface area contributed by atoms with Crippen molar-refractivity contribution in [1.82, 2.24) is 20.6 Å². The first-order chi connectivity index (χ1) is 16.7. The summed E-state index contributed by atoms with van der Waals surface area (Å²) in [4.78, 5) is 21.0. The van der Waals surface area contributed by atoms with Crippen molar-refractivity contribution in [2.45, 2.75) is 13.5 Å². The minimum Gasteiger partial charge on any atom is -0.490 e. The number of rotatable bonds is 10. The number of hydrogen-bond donors (Lipinski definition) is 3. The molecule has 0 spiro atoms. The molecule has 0 bridgehead atoms. The summed E-state index contributed by atoms with van der Waals surface area (Å²) in [7, 11) is 0. The van der Waals surface area contributed by atoms with Crippen LogP contribution in [0.15, 0.2) is 79.0 Å². The first-order valence-electron chi connectivity index (χ1n) is 11.2. The molecule has 2 amide bonds. The van der Waals surface area contributed by atoms with Crippen LogP contribution < -0.4 is 25.4 Å². The molecule has 0 radical (unpaired) electrons. The normalized spacial score (nSPS) is 10.5. The molecule has 8 nitrogen and oxygen atoms in total. The Morgan fingerprint density at radius 3 is 2.53 bits per heavy atom. The second kappa shape index (κ2) is 11.5. The molecule has 0 saturated heterocycles. The van der Waals surface area contributed by atoms with Crippen LogP contribution >= 0.6 is 0 Å². The number of fused-ring (bicyclic) bond motifs is 1. The molecule has 4 rings (SSSR count). The highest BCUT2D eigenvalue weighted by atomic mass is 16.5. The van der Waals surface area contributed by atoms with Gasteiger partial charge in [-0.1, -0.05) is 36.4 Å². The maximum absolute atomic E-state index is 12.1. The summed E-state index contributed by atoms with van der Waals surface area (Å²) in [6.45, 7) is 3.86. The van der Waals surface area contributed by atoms with Crippen molar-refractivity contribution in [3.05, 3.63) is 84.6 Å². The Morgan fingerprint density at radius 1 is 0.882 bits per heavy atom. The second-order valence-electron chi connectivity index (χ2n) is 7.41. The van der Waals surface area contributed by atoms with Gasteiger partial charge in [0.2, 0.25) is 5.88 Å². The summed E-state index contributed by atoms with van der Waals surface area (Å²) in [5, 5.41) is 9.96. The number of urea groups is 1. The van der Waals surface area contributed by atoms with Crippen molar-refractivity contribution in [3.63, 3.8) is 0 Å². The van der Waals surface area contributed by atoms with E-state index in [-0.39, 0.29) is 6.03 Å². The zero-order chi connectivity index (χ0) is 23.6. The first-order valence-corrected chi connectivity index (χ1v) is 11.2. The standard InChI is InChI=1S/C26H27N5O3/c1-2-33-22-9-5-6-10-23(22)34-25-14-11-19(17-29-25)18-30-26(32)28-16-15-27-24-13-12-20-7-3-4-8-21(20)31-24/h3-14,17H,2,15-16,18H2,1H3,(H,27,31)(H2,28,30,32). The Labute approximate surface area is 198 Å². The van der Waals surface area contributed by atoms with E-state index >= 15 is 0 Å². The molecule has 8 heteroatoms. The number of nitrogens with one attached hydrogen (secondary N) is 3. The summed E-state index contributed by atoms with van der Waals surface area (Å²) in [6, 6.07) is 22.7. The Kier molecular flexibility index (Phi) is 7.74. The predicted molar refractivity (Wildman–Crippen MR) is 132 cm³/mol. The van der Waals surface area contributed by atoms with Crippen LogP contribution in [0.1, 0.15) is 12.5 Å². The van der Waals surface area contributed by atoms with Crippen LogP contribution in [0, 0.1) is 0 Å². The summed E-state index contributed by atoms with van der Waals surface area (Å²) < 4.78 is 11.4. The zero-order valence-electron chi connectivity index (χ0n) is 19.0. The highest BCUT2D eigenvalue weighted by Gasteiger charge is 2.07. The van der Waals surface area contributed by atoms with Gasteiger partial charge in [0.1, 0.15) is 5.82 Å². The fraction of sp³-hybridized carbons (Fsp3) is 0.192. The van der Waals surface area contributed by atoms with Gasteiger partial charge in [-0.05, 0) is 42.8 Å². The van der Waals surface area contributed by atoms with E-state index in [4.69, 9.17) is 9.47 Å². The molecule has 4 aromatic rings. The van der Waals surface area contributed by atoms with Crippen LogP contribution in [0.2, 0.25) is 0 Å². The molecular formula is C26H27N5O3. The number of hydrogen-bond acceptors (Lipinski definition) is 6. The fourth-order valence-electron chi connectivity index (χ4n) is 3.27. The van der Waals surface area contributed by atoms with E-state index in [1.165, 1.54) is 0 Å². The monoisotopic (exact) mass is 457 g/mol. The van der Waals surface area contributed by atoms with Crippen molar-refractivity contribution in [1.29, 1.82) is 0 Å². The highest BCUT2D eigenvalue weighted by molar-refractivity contribution is 5.80. The number of carbonyl (C=O) groups is 1. The maximum atomic E-state index is 12.1. The molecule has 2 heterocycles. The van der Waals surface area contributed by atoms with E-state index in [0.29, 0.717) is 43.6 Å².